The van der Waals surface area contributed by atoms with Crippen molar-refractivity contribution in [2.75, 3.05) is 32.9 Å². The summed E-state index contributed by atoms with van der Waals surface area (Å²) < 4.78 is 0. The first kappa shape index (κ1) is 10.9. The molecule has 1 atom stereocenters. The lowest BCUT2D eigenvalue weighted by Gasteiger charge is -2.26. The zero-order valence-corrected chi connectivity index (χ0v) is 9.26. The molecule has 0 radical (unpaired) electrons. The molecule has 1 unspecified atom stereocenters. The molecular formula is C9H18N2OS. The summed E-state index contributed by atoms with van der Waals surface area (Å²) in [7, 11) is 4.09. The van der Waals surface area contributed by atoms with Gasteiger partial charge in [-0.15, -0.1) is 0 Å². The van der Waals surface area contributed by atoms with E-state index >= 15 is 0 Å². The van der Waals surface area contributed by atoms with E-state index < -0.39 is 0 Å². The first-order chi connectivity index (χ1) is 6.15. The van der Waals surface area contributed by atoms with Crippen molar-refractivity contribution in [3.8, 4) is 0 Å². The topological polar surface area (TPSA) is 23.6 Å². The second-order valence-corrected chi connectivity index (χ2v) is 4.12. The average Bonchev–Trinajstić information content (AvgIpc) is 2.50. The molecule has 0 aliphatic carbocycles. The van der Waals surface area contributed by atoms with Crippen molar-refractivity contribution in [3.63, 3.8) is 0 Å². The van der Waals surface area contributed by atoms with E-state index in [1.807, 2.05) is 19.0 Å². The second-order valence-electron chi connectivity index (χ2n) is 3.80. The smallest absolute Gasteiger partial charge is 0.232 e. The van der Waals surface area contributed by atoms with E-state index in [1.165, 1.54) is 0 Å². The maximum atomic E-state index is 11.4. The molecule has 1 rings (SSSR count). The van der Waals surface area contributed by atoms with Gasteiger partial charge in [0.1, 0.15) is 0 Å². The van der Waals surface area contributed by atoms with Gasteiger partial charge in [0.05, 0.1) is 5.75 Å². The Balaban J connectivity index is 2.48. The summed E-state index contributed by atoms with van der Waals surface area (Å²) in [6, 6.07) is 0.412. The number of likely N-dealkylation sites (tertiary alicyclic amines) is 1. The molecule has 0 aromatic heterocycles. The Morgan fingerprint density at radius 1 is 1.62 bits per heavy atom. The molecule has 0 spiro atoms. The highest BCUT2D eigenvalue weighted by molar-refractivity contribution is 7.81. The second kappa shape index (κ2) is 4.86. The van der Waals surface area contributed by atoms with Gasteiger partial charge in [-0.05, 0) is 26.9 Å². The van der Waals surface area contributed by atoms with Crippen LogP contribution in [0.5, 0.6) is 0 Å². The number of amides is 1. The van der Waals surface area contributed by atoms with Gasteiger partial charge in [0.15, 0.2) is 0 Å². The Hall–Kier alpha value is -0.220. The molecule has 76 valence electrons. The van der Waals surface area contributed by atoms with Gasteiger partial charge < -0.3 is 9.80 Å². The molecule has 0 N–H and O–H groups in total. The number of hydrogen-bond acceptors (Lipinski definition) is 3. The average molecular weight is 202 g/mol. The summed E-state index contributed by atoms with van der Waals surface area (Å²) >= 11 is 4.02. The third kappa shape index (κ3) is 2.88. The third-order valence-electron chi connectivity index (χ3n) is 2.41. The molecule has 1 aliphatic heterocycles. The zero-order chi connectivity index (χ0) is 9.84. The van der Waals surface area contributed by atoms with E-state index in [-0.39, 0.29) is 5.91 Å². The molecule has 13 heavy (non-hydrogen) atoms. The molecule has 0 aromatic rings. The van der Waals surface area contributed by atoms with Crippen LogP contribution in [0.25, 0.3) is 0 Å². The summed E-state index contributed by atoms with van der Waals surface area (Å²) in [5, 5.41) is 0. The fourth-order valence-corrected chi connectivity index (χ4v) is 2.05. The van der Waals surface area contributed by atoms with Gasteiger partial charge in [0.25, 0.3) is 0 Å². The molecule has 4 heteroatoms. The van der Waals surface area contributed by atoms with Crippen LogP contribution in [0.3, 0.4) is 0 Å². The third-order valence-corrected chi connectivity index (χ3v) is 2.68. The van der Waals surface area contributed by atoms with Crippen molar-refractivity contribution in [2.45, 2.75) is 18.9 Å². The van der Waals surface area contributed by atoms with Crippen LogP contribution in [0.4, 0.5) is 0 Å². The fourth-order valence-electron chi connectivity index (χ4n) is 1.87. The lowest BCUT2D eigenvalue weighted by atomic mass is 10.2. The SMILES string of the molecule is CN(C)CC1CCCN1C(=O)CS. The minimum absolute atomic E-state index is 0.174. The van der Waals surface area contributed by atoms with Gasteiger partial charge in [-0.25, -0.2) is 0 Å². The molecule has 1 amide bonds. The molecule has 1 fully saturated rings. The minimum atomic E-state index is 0.174. The summed E-state index contributed by atoms with van der Waals surface area (Å²) in [5.41, 5.74) is 0. The highest BCUT2D eigenvalue weighted by atomic mass is 32.1. The van der Waals surface area contributed by atoms with E-state index in [4.69, 9.17) is 0 Å². The molecule has 0 saturated carbocycles. The lowest BCUT2D eigenvalue weighted by Crippen LogP contribution is -2.41. The quantitative estimate of drug-likeness (QED) is 0.673. The summed E-state index contributed by atoms with van der Waals surface area (Å²) in [6.45, 7) is 1.89. The minimum Gasteiger partial charge on any atom is -0.338 e. The summed E-state index contributed by atoms with van der Waals surface area (Å²) in [4.78, 5) is 15.5. The van der Waals surface area contributed by atoms with Crippen LogP contribution in [0.15, 0.2) is 0 Å². The number of hydrogen-bond donors (Lipinski definition) is 1. The normalized spacial score (nSPS) is 22.8. The Morgan fingerprint density at radius 3 is 2.85 bits per heavy atom. The van der Waals surface area contributed by atoms with Crippen molar-refractivity contribution in [1.82, 2.24) is 9.80 Å². The highest BCUT2D eigenvalue weighted by Crippen LogP contribution is 2.17. The van der Waals surface area contributed by atoms with Crippen LogP contribution in [-0.2, 0) is 4.79 Å². The Labute approximate surface area is 85.5 Å². The molecule has 1 aliphatic rings. The van der Waals surface area contributed by atoms with Gasteiger partial charge in [-0.1, -0.05) is 0 Å². The summed E-state index contributed by atoms with van der Waals surface area (Å²) in [6.07, 6.45) is 2.27. The molecule has 0 aromatic carbocycles. The predicted octanol–water partition coefficient (Wildman–Crippen LogP) is 0.469. The van der Waals surface area contributed by atoms with Crippen molar-refractivity contribution in [1.29, 1.82) is 0 Å². The summed E-state index contributed by atoms with van der Waals surface area (Å²) in [5.74, 6) is 0.511. The number of carbonyl (C=O) groups is 1. The van der Waals surface area contributed by atoms with Crippen molar-refractivity contribution in [2.24, 2.45) is 0 Å². The zero-order valence-electron chi connectivity index (χ0n) is 8.36. The van der Waals surface area contributed by atoms with Crippen molar-refractivity contribution >= 4 is 18.5 Å². The Kier molecular flexibility index (Phi) is 4.06. The van der Waals surface area contributed by atoms with E-state index in [9.17, 15) is 4.79 Å². The number of nitrogens with zero attached hydrogens (tertiary/aromatic N) is 2. The maximum absolute atomic E-state index is 11.4. The van der Waals surface area contributed by atoms with Gasteiger partial charge in [0.2, 0.25) is 5.91 Å². The molecule has 1 heterocycles. The predicted molar refractivity (Wildman–Crippen MR) is 57.1 cm³/mol. The number of carbonyl (C=O) groups excluding carboxylic acids is 1. The van der Waals surface area contributed by atoms with Crippen LogP contribution in [-0.4, -0.2) is 54.7 Å². The van der Waals surface area contributed by atoms with Crippen LogP contribution in [0.1, 0.15) is 12.8 Å². The maximum Gasteiger partial charge on any atom is 0.232 e. The van der Waals surface area contributed by atoms with E-state index in [0.717, 1.165) is 25.9 Å². The monoisotopic (exact) mass is 202 g/mol. The van der Waals surface area contributed by atoms with Gasteiger partial charge in [0, 0.05) is 19.1 Å². The first-order valence-corrected chi connectivity index (χ1v) is 5.33. The van der Waals surface area contributed by atoms with Crippen molar-refractivity contribution < 1.29 is 4.79 Å². The molecule has 0 bridgehead atoms. The van der Waals surface area contributed by atoms with Crippen LogP contribution in [0, 0.1) is 0 Å². The van der Waals surface area contributed by atoms with Crippen LogP contribution < -0.4 is 0 Å². The highest BCUT2D eigenvalue weighted by Gasteiger charge is 2.27. The number of rotatable bonds is 3. The van der Waals surface area contributed by atoms with Crippen LogP contribution in [0.2, 0.25) is 0 Å². The van der Waals surface area contributed by atoms with Gasteiger partial charge >= 0.3 is 0 Å². The van der Waals surface area contributed by atoms with Gasteiger partial charge in [-0.3, -0.25) is 4.79 Å². The van der Waals surface area contributed by atoms with Crippen LogP contribution >= 0.6 is 12.6 Å². The van der Waals surface area contributed by atoms with E-state index in [2.05, 4.69) is 17.5 Å². The lowest BCUT2D eigenvalue weighted by molar-refractivity contribution is -0.129. The Bertz CT molecular complexity index is 184. The van der Waals surface area contributed by atoms with Crippen molar-refractivity contribution in [3.05, 3.63) is 0 Å². The first-order valence-electron chi connectivity index (χ1n) is 4.70. The number of likely N-dealkylation sites (N-methyl/N-ethyl adjacent to an activating group) is 1. The number of thiol groups is 1. The van der Waals surface area contributed by atoms with E-state index in [0.29, 0.717) is 11.8 Å². The standard InChI is InChI=1S/C9H18N2OS/c1-10(2)6-8-4-3-5-11(8)9(12)7-13/h8,13H,3-7H2,1-2H3. The van der Waals surface area contributed by atoms with Gasteiger partial charge in [-0.2, -0.15) is 12.6 Å². The van der Waals surface area contributed by atoms with E-state index in [1.54, 1.807) is 0 Å². The largest absolute Gasteiger partial charge is 0.338 e. The molecule has 3 nitrogen and oxygen atoms in total. The Morgan fingerprint density at radius 2 is 2.31 bits per heavy atom. The molecule has 1 saturated heterocycles. The fraction of sp³-hybridized carbons (Fsp3) is 0.889. The molecular weight excluding hydrogens is 184 g/mol.